The first kappa shape index (κ1) is 10.4. The monoisotopic (exact) mass is 285 g/mol. The molecule has 1 aromatic heterocycles. The zero-order valence-corrected chi connectivity index (χ0v) is 9.11. The summed E-state index contributed by atoms with van der Waals surface area (Å²) < 4.78 is 0. The van der Waals surface area contributed by atoms with Crippen molar-refractivity contribution < 1.29 is 0 Å². The van der Waals surface area contributed by atoms with Gasteiger partial charge in [-0.2, -0.15) is 0 Å². The highest BCUT2D eigenvalue weighted by atomic mass is 79.9. The fourth-order valence-electron chi connectivity index (χ4n) is 0.525. The van der Waals surface area contributed by atoms with Gasteiger partial charge in [0.1, 0.15) is 5.15 Å². The van der Waals surface area contributed by atoms with Crippen LogP contribution in [-0.2, 0) is 5.33 Å². The van der Waals surface area contributed by atoms with Crippen LogP contribution in [0.4, 0.5) is 0 Å². The lowest BCUT2D eigenvalue weighted by atomic mass is 10.4. The van der Waals surface area contributed by atoms with E-state index in [0.717, 1.165) is 11.0 Å². The van der Waals surface area contributed by atoms with Gasteiger partial charge in [0.2, 0.25) is 0 Å². The number of nitrogens with zero attached hydrogens (tertiary/aromatic N) is 1. The van der Waals surface area contributed by atoms with Crippen LogP contribution in [0.25, 0.3) is 0 Å². The van der Waals surface area contributed by atoms with Crippen molar-refractivity contribution in [3.8, 4) is 0 Å². The molecule has 0 saturated heterocycles. The Labute approximate surface area is 83.7 Å². The van der Waals surface area contributed by atoms with Crippen LogP contribution in [0.3, 0.4) is 0 Å². The summed E-state index contributed by atoms with van der Waals surface area (Å²) in [6.45, 7) is 0. The van der Waals surface area contributed by atoms with Crippen LogP contribution >= 0.6 is 44.5 Å². The SMILES string of the molecule is Br.Clc1cccc(CBr)n1. The lowest BCUT2D eigenvalue weighted by Gasteiger charge is -1.91. The summed E-state index contributed by atoms with van der Waals surface area (Å²) in [4.78, 5) is 4.01. The average molecular weight is 287 g/mol. The second-order valence-electron chi connectivity index (χ2n) is 1.59. The van der Waals surface area contributed by atoms with E-state index in [4.69, 9.17) is 11.6 Å². The van der Waals surface area contributed by atoms with Crippen LogP contribution in [-0.4, -0.2) is 4.98 Å². The fourth-order valence-corrected chi connectivity index (χ4v) is 1.02. The van der Waals surface area contributed by atoms with Gasteiger partial charge in [0.05, 0.1) is 5.69 Å². The van der Waals surface area contributed by atoms with Crippen molar-refractivity contribution in [2.24, 2.45) is 0 Å². The summed E-state index contributed by atoms with van der Waals surface area (Å²) in [7, 11) is 0. The Hall–Kier alpha value is 0.400. The van der Waals surface area contributed by atoms with Crippen molar-refractivity contribution in [2.45, 2.75) is 5.33 Å². The Balaban J connectivity index is 0.000000810. The van der Waals surface area contributed by atoms with Gasteiger partial charge in [-0.25, -0.2) is 4.98 Å². The Morgan fingerprint density at radius 1 is 1.50 bits per heavy atom. The van der Waals surface area contributed by atoms with Gasteiger partial charge >= 0.3 is 0 Å². The second-order valence-corrected chi connectivity index (χ2v) is 2.53. The zero-order chi connectivity index (χ0) is 6.69. The van der Waals surface area contributed by atoms with Crippen LogP contribution in [0, 0.1) is 0 Å². The molecule has 1 aromatic rings. The van der Waals surface area contributed by atoms with Gasteiger partial charge in [0.15, 0.2) is 0 Å². The summed E-state index contributed by atoms with van der Waals surface area (Å²) in [6.07, 6.45) is 0. The Kier molecular flexibility index (Phi) is 5.31. The molecular formula is C6H6Br2ClN. The van der Waals surface area contributed by atoms with Gasteiger partial charge in [0.25, 0.3) is 0 Å². The van der Waals surface area contributed by atoms with E-state index in [2.05, 4.69) is 20.9 Å². The van der Waals surface area contributed by atoms with E-state index >= 15 is 0 Å². The van der Waals surface area contributed by atoms with Crippen LogP contribution < -0.4 is 0 Å². The molecule has 1 rings (SSSR count). The Bertz CT molecular complexity index is 205. The molecule has 0 spiro atoms. The van der Waals surface area contributed by atoms with Gasteiger partial charge in [-0.05, 0) is 12.1 Å². The number of rotatable bonds is 1. The van der Waals surface area contributed by atoms with Crippen molar-refractivity contribution in [1.82, 2.24) is 4.98 Å². The third kappa shape index (κ3) is 2.99. The molecule has 0 aliphatic carbocycles. The van der Waals surface area contributed by atoms with Gasteiger partial charge in [-0.1, -0.05) is 33.6 Å². The maximum absolute atomic E-state index is 5.59. The summed E-state index contributed by atoms with van der Waals surface area (Å²) in [5.41, 5.74) is 0.961. The molecule has 0 bridgehead atoms. The average Bonchev–Trinajstić information content (AvgIpc) is 1.88. The van der Waals surface area contributed by atoms with E-state index in [1.165, 1.54) is 0 Å². The van der Waals surface area contributed by atoms with Gasteiger partial charge in [-0.3, -0.25) is 0 Å². The lowest BCUT2D eigenvalue weighted by molar-refractivity contribution is 1.19. The molecule has 0 aliphatic rings. The number of aromatic nitrogens is 1. The first-order valence-electron chi connectivity index (χ1n) is 2.50. The predicted molar refractivity (Wildman–Crippen MR) is 52.2 cm³/mol. The van der Waals surface area contributed by atoms with Crippen molar-refractivity contribution in [2.75, 3.05) is 0 Å². The summed E-state index contributed by atoms with van der Waals surface area (Å²) in [5.74, 6) is 0. The van der Waals surface area contributed by atoms with E-state index in [-0.39, 0.29) is 17.0 Å². The van der Waals surface area contributed by atoms with Gasteiger partial charge < -0.3 is 0 Å². The molecule has 0 fully saturated rings. The highest BCUT2D eigenvalue weighted by molar-refractivity contribution is 9.08. The van der Waals surface area contributed by atoms with Crippen molar-refractivity contribution in [3.05, 3.63) is 29.0 Å². The minimum Gasteiger partial charge on any atom is -0.240 e. The van der Waals surface area contributed by atoms with E-state index < -0.39 is 0 Å². The molecule has 4 heteroatoms. The van der Waals surface area contributed by atoms with Crippen LogP contribution in [0.2, 0.25) is 5.15 Å². The van der Waals surface area contributed by atoms with Gasteiger partial charge in [0, 0.05) is 5.33 Å². The van der Waals surface area contributed by atoms with E-state index in [1.807, 2.05) is 12.1 Å². The Morgan fingerprint density at radius 3 is 2.60 bits per heavy atom. The molecule has 0 unspecified atom stereocenters. The second kappa shape index (κ2) is 5.10. The number of pyridine rings is 1. The summed E-state index contributed by atoms with van der Waals surface area (Å²) in [6, 6.07) is 5.56. The molecule has 0 amide bonds. The first-order valence-corrected chi connectivity index (χ1v) is 4.00. The topological polar surface area (TPSA) is 12.9 Å². The van der Waals surface area contributed by atoms with Crippen LogP contribution in [0.15, 0.2) is 18.2 Å². The summed E-state index contributed by atoms with van der Waals surface area (Å²) in [5, 5.41) is 1.31. The number of hydrogen-bond acceptors (Lipinski definition) is 1. The molecule has 1 heterocycles. The quantitative estimate of drug-likeness (QED) is 0.571. The molecule has 0 radical (unpaired) electrons. The highest BCUT2D eigenvalue weighted by Gasteiger charge is 1.90. The molecule has 0 N–H and O–H groups in total. The van der Waals surface area contributed by atoms with Crippen molar-refractivity contribution >= 4 is 44.5 Å². The van der Waals surface area contributed by atoms with Crippen LogP contribution in [0.1, 0.15) is 5.69 Å². The minimum absolute atomic E-state index is 0. The largest absolute Gasteiger partial charge is 0.240 e. The first-order chi connectivity index (χ1) is 4.33. The molecule has 0 atom stereocenters. The summed E-state index contributed by atoms with van der Waals surface area (Å²) >= 11 is 8.86. The third-order valence-electron chi connectivity index (χ3n) is 0.910. The standard InChI is InChI=1S/C6H5BrClN.BrH/c7-4-5-2-1-3-6(8)9-5;/h1-3H,4H2;1H. The molecule has 1 nitrogen and oxygen atoms in total. The maximum atomic E-state index is 5.59. The van der Waals surface area contributed by atoms with Gasteiger partial charge in [-0.15, -0.1) is 17.0 Å². The molecule has 56 valence electrons. The van der Waals surface area contributed by atoms with Crippen molar-refractivity contribution in [1.29, 1.82) is 0 Å². The van der Waals surface area contributed by atoms with Crippen molar-refractivity contribution in [3.63, 3.8) is 0 Å². The van der Waals surface area contributed by atoms with E-state index in [1.54, 1.807) is 6.07 Å². The maximum Gasteiger partial charge on any atom is 0.129 e. The lowest BCUT2D eigenvalue weighted by Crippen LogP contribution is -1.82. The number of halogens is 3. The smallest absolute Gasteiger partial charge is 0.129 e. The number of alkyl halides is 1. The van der Waals surface area contributed by atoms with E-state index in [0.29, 0.717) is 5.15 Å². The zero-order valence-electron chi connectivity index (χ0n) is 5.05. The van der Waals surface area contributed by atoms with Crippen LogP contribution in [0.5, 0.6) is 0 Å². The minimum atomic E-state index is 0. The molecule has 10 heavy (non-hydrogen) atoms. The fraction of sp³-hybridized carbons (Fsp3) is 0.167. The normalized spacial score (nSPS) is 8.60. The highest BCUT2D eigenvalue weighted by Crippen LogP contribution is 2.07. The number of hydrogen-bond donors (Lipinski definition) is 0. The van der Waals surface area contributed by atoms with E-state index in [9.17, 15) is 0 Å². The molecular weight excluding hydrogens is 281 g/mol. The third-order valence-corrected chi connectivity index (χ3v) is 1.69. The molecule has 0 aromatic carbocycles. The predicted octanol–water partition coefficient (Wildman–Crippen LogP) is 3.21. The Morgan fingerprint density at radius 2 is 2.20 bits per heavy atom. The molecule has 0 saturated carbocycles. The molecule has 0 aliphatic heterocycles.